The van der Waals surface area contributed by atoms with Crippen molar-refractivity contribution in [3.63, 3.8) is 0 Å². The van der Waals surface area contributed by atoms with Gasteiger partial charge in [-0.15, -0.1) is 0 Å². The van der Waals surface area contributed by atoms with E-state index in [2.05, 4.69) is 4.99 Å². The number of carbonyl (C=O) groups excluding carboxylic acids is 1. The number of anilines is 1. The Morgan fingerprint density at radius 1 is 1.15 bits per heavy atom. The maximum absolute atomic E-state index is 12.4. The van der Waals surface area contributed by atoms with E-state index in [-0.39, 0.29) is 28.7 Å². The quantitative estimate of drug-likeness (QED) is 0.787. The molecule has 0 bridgehead atoms. The van der Waals surface area contributed by atoms with Crippen LogP contribution in [0.1, 0.15) is 38.5 Å². The third-order valence-corrected chi connectivity index (χ3v) is 8.77. The fraction of sp³-hybridized carbons (Fsp3) is 0.579. The summed E-state index contributed by atoms with van der Waals surface area (Å²) in [6.07, 6.45) is 6.44. The van der Waals surface area contributed by atoms with Crippen molar-refractivity contribution in [2.75, 3.05) is 16.4 Å². The lowest BCUT2D eigenvalue weighted by Crippen LogP contribution is -2.37. The summed E-state index contributed by atoms with van der Waals surface area (Å²) in [6.45, 7) is 0. The van der Waals surface area contributed by atoms with Crippen LogP contribution in [0.3, 0.4) is 0 Å². The van der Waals surface area contributed by atoms with Gasteiger partial charge in [0.2, 0.25) is 5.91 Å². The van der Waals surface area contributed by atoms with Crippen LogP contribution < -0.4 is 4.90 Å². The van der Waals surface area contributed by atoms with Gasteiger partial charge >= 0.3 is 0 Å². The third-order valence-electron chi connectivity index (χ3n) is 5.56. The van der Waals surface area contributed by atoms with Crippen molar-refractivity contribution >= 4 is 38.4 Å². The van der Waals surface area contributed by atoms with Crippen LogP contribution in [0.15, 0.2) is 35.3 Å². The molecule has 5 nitrogen and oxygen atoms in total. The molecule has 1 aromatic carbocycles. The number of benzene rings is 1. The lowest BCUT2D eigenvalue weighted by molar-refractivity contribution is -0.118. The van der Waals surface area contributed by atoms with E-state index in [1.54, 1.807) is 0 Å². The summed E-state index contributed by atoms with van der Waals surface area (Å²) in [5.41, 5.74) is 0.909. The minimum atomic E-state index is -3.02. The Morgan fingerprint density at radius 2 is 1.88 bits per heavy atom. The monoisotopic (exact) mass is 392 g/mol. The molecule has 2 atom stereocenters. The predicted octanol–water partition coefficient (Wildman–Crippen LogP) is 3.26. The van der Waals surface area contributed by atoms with Crippen LogP contribution in [-0.2, 0) is 14.6 Å². The molecule has 3 fully saturated rings. The van der Waals surface area contributed by atoms with Crippen LogP contribution in [0, 0.1) is 5.92 Å². The summed E-state index contributed by atoms with van der Waals surface area (Å²) in [7, 11) is -3.02. The maximum atomic E-state index is 12.4. The molecule has 1 amide bonds. The predicted molar refractivity (Wildman–Crippen MR) is 106 cm³/mol. The Bertz CT molecular complexity index is 801. The highest BCUT2D eigenvalue weighted by molar-refractivity contribution is 8.16. The molecule has 2 heterocycles. The zero-order valence-corrected chi connectivity index (χ0v) is 16.3. The first-order chi connectivity index (χ1) is 12.5. The molecule has 7 heteroatoms. The zero-order valence-electron chi connectivity index (χ0n) is 14.7. The molecular formula is C19H24N2O3S2. The van der Waals surface area contributed by atoms with Crippen LogP contribution in [0.5, 0.6) is 0 Å². The van der Waals surface area contributed by atoms with Gasteiger partial charge in [0.05, 0.1) is 17.5 Å². The fourth-order valence-corrected chi connectivity index (χ4v) is 8.18. The van der Waals surface area contributed by atoms with Crippen molar-refractivity contribution in [1.82, 2.24) is 0 Å². The number of nitrogens with zero attached hydrogens (tertiary/aromatic N) is 2. The van der Waals surface area contributed by atoms with Gasteiger partial charge in [-0.3, -0.25) is 4.79 Å². The second-order valence-electron chi connectivity index (χ2n) is 7.48. The number of hydrogen-bond donors (Lipinski definition) is 0. The van der Waals surface area contributed by atoms with Crippen LogP contribution in [0.25, 0.3) is 0 Å². The van der Waals surface area contributed by atoms with Crippen LogP contribution in [-0.4, -0.2) is 42.3 Å². The van der Waals surface area contributed by atoms with Crippen molar-refractivity contribution in [2.45, 2.75) is 49.8 Å². The maximum Gasteiger partial charge on any atom is 0.248 e. The highest BCUT2D eigenvalue weighted by Crippen LogP contribution is 2.41. The summed E-state index contributed by atoms with van der Waals surface area (Å²) in [5.74, 6) is 0.892. The van der Waals surface area contributed by atoms with E-state index in [1.165, 1.54) is 37.4 Å². The van der Waals surface area contributed by atoms with Gasteiger partial charge in [-0.05, 0) is 24.5 Å². The molecule has 4 rings (SSSR count). The van der Waals surface area contributed by atoms with Crippen LogP contribution in [0.2, 0.25) is 0 Å². The second kappa shape index (κ2) is 7.35. The molecule has 1 aromatic rings. The van der Waals surface area contributed by atoms with Crippen molar-refractivity contribution in [2.24, 2.45) is 10.9 Å². The van der Waals surface area contributed by atoms with Gasteiger partial charge in [0.25, 0.3) is 0 Å². The molecule has 0 unspecified atom stereocenters. The van der Waals surface area contributed by atoms with Crippen LogP contribution in [0.4, 0.5) is 5.69 Å². The fourth-order valence-electron chi connectivity index (χ4n) is 4.24. The van der Waals surface area contributed by atoms with Gasteiger partial charge in [-0.1, -0.05) is 55.6 Å². The zero-order chi connectivity index (χ0) is 18.1. The molecule has 3 aliphatic rings. The largest absolute Gasteiger partial charge is 0.316 e. The standard InChI is InChI=1S/C19H24N2O3S2/c22-18(11-10-14-6-4-5-7-14)20-19-21(15-8-2-1-3-9-15)16-12-26(23,24)13-17(16)25-19/h1-3,8-9,14,16-17H,4-7,10-13H2/t16-,17-/m1/s1. The number of carbonyl (C=O) groups is 1. The lowest BCUT2D eigenvalue weighted by atomic mass is 10.0. The molecule has 0 N–H and O–H groups in total. The summed E-state index contributed by atoms with van der Waals surface area (Å²) in [5, 5.41) is 0.624. The van der Waals surface area contributed by atoms with E-state index >= 15 is 0 Å². The molecule has 0 radical (unpaired) electrons. The lowest BCUT2D eigenvalue weighted by Gasteiger charge is -2.24. The highest BCUT2D eigenvalue weighted by Gasteiger charge is 2.49. The smallest absolute Gasteiger partial charge is 0.248 e. The summed E-state index contributed by atoms with van der Waals surface area (Å²) in [4.78, 5) is 18.8. The van der Waals surface area contributed by atoms with E-state index in [0.29, 0.717) is 17.5 Å². The topological polar surface area (TPSA) is 66.8 Å². The molecular weight excluding hydrogens is 368 g/mol. The molecule has 2 aliphatic heterocycles. The Kier molecular flexibility index (Phi) is 5.10. The molecule has 0 spiro atoms. The number of para-hydroxylation sites is 1. The van der Waals surface area contributed by atoms with E-state index in [0.717, 1.165) is 12.1 Å². The number of aliphatic imine (C=N–C) groups is 1. The minimum Gasteiger partial charge on any atom is -0.316 e. The molecule has 140 valence electrons. The van der Waals surface area contributed by atoms with E-state index in [9.17, 15) is 13.2 Å². The van der Waals surface area contributed by atoms with Gasteiger partial charge in [0.1, 0.15) is 0 Å². The molecule has 0 aromatic heterocycles. The SMILES string of the molecule is O=C(CCC1CCCC1)N=C1S[C@@H]2CS(=O)(=O)C[C@H]2N1c1ccccc1. The van der Waals surface area contributed by atoms with Gasteiger partial charge in [-0.25, -0.2) is 8.42 Å². The molecule has 1 saturated carbocycles. The number of amides is 1. The second-order valence-corrected chi connectivity index (χ2v) is 10.8. The van der Waals surface area contributed by atoms with Crippen molar-refractivity contribution < 1.29 is 13.2 Å². The van der Waals surface area contributed by atoms with Gasteiger partial charge in [0.15, 0.2) is 15.0 Å². The van der Waals surface area contributed by atoms with Crippen molar-refractivity contribution in [1.29, 1.82) is 0 Å². The van der Waals surface area contributed by atoms with E-state index in [4.69, 9.17) is 0 Å². The number of hydrogen-bond acceptors (Lipinski definition) is 4. The molecule has 2 saturated heterocycles. The van der Waals surface area contributed by atoms with E-state index < -0.39 is 9.84 Å². The number of thioether (sulfide) groups is 1. The Morgan fingerprint density at radius 3 is 2.62 bits per heavy atom. The highest BCUT2D eigenvalue weighted by atomic mass is 32.2. The number of sulfone groups is 1. The van der Waals surface area contributed by atoms with Crippen LogP contribution >= 0.6 is 11.8 Å². The van der Waals surface area contributed by atoms with Crippen molar-refractivity contribution in [3.8, 4) is 0 Å². The number of amidine groups is 1. The van der Waals surface area contributed by atoms with Gasteiger partial charge in [0, 0.05) is 17.4 Å². The Balaban J connectivity index is 1.53. The molecule has 26 heavy (non-hydrogen) atoms. The Labute approximate surface area is 159 Å². The minimum absolute atomic E-state index is 0.0402. The molecule has 1 aliphatic carbocycles. The summed E-state index contributed by atoms with van der Waals surface area (Å²) < 4.78 is 24.1. The Hall–Kier alpha value is -1.34. The average molecular weight is 393 g/mol. The van der Waals surface area contributed by atoms with Crippen molar-refractivity contribution in [3.05, 3.63) is 30.3 Å². The van der Waals surface area contributed by atoms with E-state index in [1.807, 2.05) is 35.2 Å². The third kappa shape index (κ3) is 3.83. The first-order valence-electron chi connectivity index (χ1n) is 9.35. The summed E-state index contributed by atoms with van der Waals surface area (Å²) in [6, 6.07) is 9.55. The average Bonchev–Trinajstić information content (AvgIpc) is 3.28. The first kappa shape index (κ1) is 18.0. The first-order valence-corrected chi connectivity index (χ1v) is 12.0. The number of fused-ring (bicyclic) bond motifs is 1. The van der Waals surface area contributed by atoms with Gasteiger partial charge in [-0.2, -0.15) is 4.99 Å². The van der Waals surface area contributed by atoms with Gasteiger partial charge < -0.3 is 4.90 Å². The summed E-state index contributed by atoms with van der Waals surface area (Å²) >= 11 is 1.45. The number of rotatable bonds is 4. The normalized spacial score (nSPS) is 29.4.